The van der Waals surface area contributed by atoms with Crippen LogP contribution in [0.5, 0.6) is 0 Å². The number of carbonyl (C=O) groups excluding carboxylic acids is 1. The number of fused-ring (bicyclic) bond motifs is 1. The molecular formula is C29H35N5O2. The number of ether oxygens (including phenoxy) is 1. The van der Waals surface area contributed by atoms with Crippen LogP contribution in [0.2, 0.25) is 0 Å². The third-order valence-electron chi connectivity index (χ3n) is 8.09. The number of carbonyl (C=O) groups is 1. The van der Waals surface area contributed by atoms with Crippen LogP contribution in [0.25, 0.3) is 0 Å². The molecule has 1 aromatic rings. The zero-order valence-electron chi connectivity index (χ0n) is 21.1. The normalized spacial score (nSPS) is 24.9. The van der Waals surface area contributed by atoms with Gasteiger partial charge in [-0.1, -0.05) is 24.6 Å². The molecule has 1 amide bonds. The van der Waals surface area contributed by atoms with Crippen LogP contribution in [0.3, 0.4) is 0 Å². The van der Waals surface area contributed by atoms with Crippen LogP contribution in [-0.4, -0.2) is 55.5 Å². The van der Waals surface area contributed by atoms with Gasteiger partial charge in [0.1, 0.15) is 5.84 Å². The molecule has 0 bridgehead atoms. The van der Waals surface area contributed by atoms with Gasteiger partial charge in [-0.05, 0) is 68.5 Å². The van der Waals surface area contributed by atoms with Crippen molar-refractivity contribution in [3.05, 3.63) is 53.3 Å². The molecule has 1 saturated heterocycles. The molecular weight excluding hydrogens is 450 g/mol. The smallest absolute Gasteiger partial charge is 0.230 e. The summed E-state index contributed by atoms with van der Waals surface area (Å²) in [5.41, 5.74) is 6.32. The Labute approximate surface area is 212 Å². The number of rotatable bonds is 11. The van der Waals surface area contributed by atoms with Crippen molar-refractivity contribution in [2.45, 2.75) is 57.9 Å². The molecule has 188 valence electrons. The second kappa shape index (κ2) is 9.43. The van der Waals surface area contributed by atoms with Gasteiger partial charge in [-0.25, -0.2) is 4.99 Å². The maximum Gasteiger partial charge on any atom is 0.230 e. The van der Waals surface area contributed by atoms with Gasteiger partial charge < -0.3 is 20.4 Å². The number of nitrogens with one attached hydrogen (secondary N) is 2. The van der Waals surface area contributed by atoms with Gasteiger partial charge >= 0.3 is 0 Å². The lowest BCUT2D eigenvalue weighted by molar-refractivity contribution is -0.119. The van der Waals surface area contributed by atoms with Crippen molar-refractivity contribution in [1.82, 2.24) is 5.32 Å². The minimum absolute atomic E-state index is 0.0914. The minimum Gasteiger partial charge on any atom is -0.383 e. The molecule has 3 fully saturated rings. The Morgan fingerprint density at radius 3 is 2.92 bits per heavy atom. The first-order valence-corrected chi connectivity index (χ1v) is 13.4. The van der Waals surface area contributed by atoms with Crippen LogP contribution < -0.4 is 10.2 Å². The van der Waals surface area contributed by atoms with Gasteiger partial charge in [-0.3, -0.25) is 9.79 Å². The van der Waals surface area contributed by atoms with Gasteiger partial charge in [0.25, 0.3) is 0 Å². The summed E-state index contributed by atoms with van der Waals surface area (Å²) in [6.45, 7) is 5.04. The predicted molar refractivity (Wildman–Crippen MR) is 143 cm³/mol. The lowest BCUT2D eigenvalue weighted by Gasteiger charge is -2.27. The SMILES string of the molecule is CCCC1=NCC(C2=C3CC3(CN(C(=O)C3CC3)c3cccc(C(=N)/C=C\NC4COC4)c3)CC2)=N1. The highest BCUT2D eigenvalue weighted by Gasteiger charge is 2.56. The summed E-state index contributed by atoms with van der Waals surface area (Å²) in [4.78, 5) is 25.0. The molecule has 7 heteroatoms. The molecule has 2 aliphatic heterocycles. The molecule has 5 aliphatic rings. The summed E-state index contributed by atoms with van der Waals surface area (Å²) in [5, 5.41) is 11.8. The van der Waals surface area contributed by atoms with E-state index in [2.05, 4.69) is 17.2 Å². The first-order chi connectivity index (χ1) is 17.6. The quantitative estimate of drug-likeness (QED) is 0.454. The maximum atomic E-state index is 13.5. The Kier molecular flexibility index (Phi) is 6.12. The summed E-state index contributed by atoms with van der Waals surface area (Å²) < 4.78 is 5.18. The van der Waals surface area contributed by atoms with E-state index in [1.165, 1.54) is 11.1 Å². The highest BCUT2D eigenvalue weighted by atomic mass is 16.5. The Morgan fingerprint density at radius 1 is 1.33 bits per heavy atom. The molecule has 2 heterocycles. The maximum absolute atomic E-state index is 13.5. The van der Waals surface area contributed by atoms with Crippen LogP contribution in [-0.2, 0) is 9.53 Å². The fourth-order valence-electron chi connectivity index (χ4n) is 5.63. The molecule has 7 nitrogen and oxygen atoms in total. The molecule has 1 unspecified atom stereocenters. The van der Waals surface area contributed by atoms with Crippen LogP contribution in [0.4, 0.5) is 5.69 Å². The number of hydrogen-bond acceptors (Lipinski definition) is 6. The van der Waals surface area contributed by atoms with Crippen LogP contribution in [0.15, 0.2) is 57.7 Å². The number of anilines is 1. The van der Waals surface area contributed by atoms with E-state index in [1.54, 1.807) is 6.08 Å². The average Bonchev–Trinajstić information content (AvgIpc) is 3.75. The third kappa shape index (κ3) is 4.57. The van der Waals surface area contributed by atoms with E-state index in [4.69, 9.17) is 15.1 Å². The van der Waals surface area contributed by atoms with Crippen molar-refractivity contribution in [2.75, 3.05) is 31.2 Å². The number of benzene rings is 1. The van der Waals surface area contributed by atoms with E-state index < -0.39 is 0 Å². The van der Waals surface area contributed by atoms with Crippen molar-refractivity contribution in [3.63, 3.8) is 0 Å². The average molecular weight is 486 g/mol. The van der Waals surface area contributed by atoms with Crippen molar-refractivity contribution in [3.8, 4) is 0 Å². The molecule has 1 aromatic carbocycles. The summed E-state index contributed by atoms with van der Waals surface area (Å²) >= 11 is 0. The van der Waals surface area contributed by atoms with Gasteiger partial charge in [0.2, 0.25) is 5.91 Å². The summed E-state index contributed by atoms with van der Waals surface area (Å²) in [5.74, 6) is 1.38. The monoisotopic (exact) mass is 485 g/mol. The molecule has 2 saturated carbocycles. The second-order valence-electron chi connectivity index (χ2n) is 10.9. The topological polar surface area (TPSA) is 90.1 Å². The Balaban J connectivity index is 1.19. The van der Waals surface area contributed by atoms with E-state index in [0.29, 0.717) is 25.0 Å². The van der Waals surface area contributed by atoms with Crippen molar-refractivity contribution in [1.29, 1.82) is 5.41 Å². The number of hydrogen-bond donors (Lipinski definition) is 2. The number of nitrogens with zero attached hydrogens (tertiary/aromatic N) is 3. The lowest BCUT2D eigenvalue weighted by Crippen LogP contribution is -2.43. The first-order valence-electron chi connectivity index (χ1n) is 13.4. The molecule has 1 atom stereocenters. The van der Waals surface area contributed by atoms with E-state index >= 15 is 0 Å². The van der Waals surface area contributed by atoms with E-state index in [9.17, 15) is 4.79 Å². The van der Waals surface area contributed by atoms with Crippen LogP contribution in [0.1, 0.15) is 57.4 Å². The van der Waals surface area contributed by atoms with Gasteiger partial charge in [0.05, 0.1) is 37.2 Å². The Morgan fingerprint density at radius 2 is 2.19 bits per heavy atom. The van der Waals surface area contributed by atoms with E-state index in [1.807, 2.05) is 35.4 Å². The van der Waals surface area contributed by atoms with Gasteiger partial charge in [0.15, 0.2) is 0 Å². The standard InChI is InChI=1S/C29H35N5O2/c1-2-4-27-32-15-26(33-27)23-9-11-29(14-24(23)29)18-34(28(35)19-7-8-19)22-6-3-5-20(13-22)25(30)10-12-31-21-16-36-17-21/h3,5-6,10,12-13,19,21,30-31H,2,4,7-9,11,14-18H2,1H3/b12-10-,30-25?. The molecule has 0 aromatic heterocycles. The predicted octanol–water partition coefficient (Wildman–Crippen LogP) is 4.43. The number of allylic oxidation sites excluding steroid dienone is 1. The van der Waals surface area contributed by atoms with Gasteiger partial charge in [-0.2, -0.15) is 0 Å². The summed E-state index contributed by atoms with van der Waals surface area (Å²) in [7, 11) is 0. The lowest BCUT2D eigenvalue weighted by atomic mass is 10.0. The summed E-state index contributed by atoms with van der Waals surface area (Å²) in [6, 6.07) is 8.28. The fraction of sp³-hybridized carbons (Fsp3) is 0.517. The Hall–Kier alpha value is -3.06. The third-order valence-corrected chi connectivity index (χ3v) is 8.09. The molecule has 6 rings (SSSR count). The fourth-order valence-corrected chi connectivity index (χ4v) is 5.63. The van der Waals surface area contributed by atoms with Crippen LogP contribution >= 0.6 is 0 Å². The van der Waals surface area contributed by atoms with Crippen LogP contribution in [0, 0.1) is 16.7 Å². The van der Waals surface area contributed by atoms with Crippen molar-refractivity contribution < 1.29 is 9.53 Å². The molecule has 2 N–H and O–H groups in total. The second-order valence-corrected chi connectivity index (χ2v) is 10.9. The van der Waals surface area contributed by atoms with E-state index in [-0.39, 0.29) is 17.2 Å². The zero-order chi connectivity index (χ0) is 24.7. The van der Waals surface area contributed by atoms with Crippen molar-refractivity contribution in [2.24, 2.45) is 21.3 Å². The molecule has 0 spiro atoms. The molecule has 36 heavy (non-hydrogen) atoms. The van der Waals surface area contributed by atoms with E-state index in [0.717, 1.165) is 80.8 Å². The first kappa shape index (κ1) is 23.3. The molecule has 0 radical (unpaired) electrons. The minimum atomic E-state index is 0.0914. The number of amidine groups is 1. The van der Waals surface area contributed by atoms with Crippen molar-refractivity contribution >= 4 is 28.9 Å². The number of amides is 1. The number of aliphatic imine (C=N–C) groups is 2. The van der Waals surface area contributed by atoms with Gasteiger partial charge in [0, 0.05) is 35.5 Å². The Bertz CT molecular complexity index is 1200. The van der Waals surface area contributed by atoms with Gasteiger partial charge in [-0.15, -0.1) is 0 Å². The highest BCUT2D eigenvalue weighted by molar-refractivity contribution is 6.13. The molecule has 3 aliphatic carbocycles. The largest absolute Gasteiger partial charge is 0.383 e. The highest BCUT2D eigenvalue weighted by Crippen LogP contribution is 2.63. The zero-order valence-corrected chi connectivity index (χ0v) is 21.1. The summed E-state index contributed by atoms with van der Waals surface area (Å²) in [6.07, 6.45) is 10.8.